The van der Waals surface area contributed by atoms with Crippen LogP contribution in [-0.4, -0.2) is 28.0 Å². The summed E-state index contributed by atoms with van der Waals surface area (Å²) in [5, 5.41) is 3.06. The molecule has 0 radical (unpaired) electrons. The molecule has 0 saturated carbocycles. The lowest BCUT2D eigenvalue weighted by Gasteiger charge is -2.05. The highest BCUT2D eigenvalue weighted by molar-refractivity contribution is 6.83. The molecule has 17 heavy (non-hydrogen) atoms. The Hall–Kier alpha value is -1.53. The van der Waals surface area contributed by atoms with Gasteiger partial charge in [0.2, 0.25) is 0 Å². The topological polar surface area (TPSA) is 24.4 Å². The minimum Gasteiger partial charge on any atom is -0.373 e. The van der Waals surface area contributed by atoms with Crippen molar-refractivity contribution in [1.29, 1.82) is 0 Å². The van der Waals surface area contributed by atoms with Crippen LogP contribution in [0.3, 0.4) is 0 Å². The lowest BCUT2D eigenvalue weighted by Crippen LogP contribution is -2.19. The number of benzene rings is 1. The largest absolute Gasteiger partial charge is 0.373 e. The molecule has 0 aliphatic rings. The maximum atomic E-state index is 4.17. The van der Waals surface area contributed by atoms with Crippen molar-refractivity contribution in [3.8, 4) is 11.5 Å². The van der Waals surface area contributed by atoms with Crippen LogP contribution >= 0.6 is 0 Å². The van der Waals surface area contributed by atoms with Gasteiger partial charge in [0.05, 0.1) is 0 Å². The number of nitrogens with one attached hydrogen (secondary N) is 1. The highest BCUT2D eigenvalue weighted by Gasteiger charge is 2.07. The van der Waals surface area contributed by atoms with Crippen molar-refractivity contribution in [2.75, 3.05) is 14.1 Å². The van der Waals surface area contributed by atoms with E-state index in [1.165, 1.54) is 0 Å². The molecule has 1 aromatic carbocycles. The fourth-order valence-electron chi connectivity index (χ4n) is 1.36. The van der Waals surface area contributed by atoms with Crippen LogP contribution in [0.15, 0.2) is 29.3 Å². The second-order valence-electron chi connectivity index (χ2n) is 4.90. The minimum atomic E-state index is -1.29. The van der Waals surface area contributed by atoms with Crippen LogP contribution in [0.1, 0.15) is 11.1 Å². The molecule has 0 unspecified atom stereocenters. The molecule has 0 heterocycles. The van der Waals surface area contributed by atoms with Gasteiger partial charge in [-0.1, -0.05) is 37.7 Å². The molecule has 1 N–H and O–H groups in total. The van der Waals surface area contributed by atoms with E-state index >= 15 is 0 Å². The predicted octanol–water partition coefficient (Wildman–Crippen LogP) is 2.51. The fraction of sp³-hybridized carbons (Fsp3) is 0.357. The minimum absolute atomic E-state index is 0.898. The third-order valence-electron chi connectivity index (χ3n) is 2.20. The Morgan fingerprint density at radius 3 is 2.18 bits per heavy atom. The Balaban J connectivity index is 2.92. The van der Waals surface area contributed by atoms with Crippen molar-refractivity contribution in [2.45, 2.75) is 19.6 Å². The molecule has 0 aliphatic carbocycles. The highest BCUT2D eigenvalue weighted by atomic mass is 28.3. The van der Waals surface area contributed by atoms with E-state index in [4.69, 9.17) is 0 Å². The summed E-state index contributed by atoms with van der Waals surface area (Å²) in [4.78, 5) is 4.17. The first-order chi connectivity index (χ1) is 7.96. The smallest absolute Gasteiger partial charge is 0.129 e. The summed E-state index contributed by atoms with van der Waals surface area (Å²) < 4.78 is 0. The highest BCUT2D eigenvalue weighted by Crippen LogP contribution is 2.05. The van der Waals surface area contributed by atoms with Crippen LogP contribution in [0.4, 0.5) is 0 Å². The monoisotopic (exact) mass is 244 g/mol. The van der Waals surface area contributed by atoms with E-state index < -0.39 is 8.07 Å². The maximum Gasteiger partial charge on any atom is 0.129 e. The Labute approximate surface area is 105 Å². The molecule has 0 aromatic heterocycles. The molecule has 0 fully saturated rings. The third kappa shape index (κ3) is 4.45. The molecule has 0 amide bonds. The predicted molar refractivity (Wildman–Crippen MR) is 78.2 cm³/mol. The molecule has 90 valence electrons. The van der Waals surface area contributed by atoms with Crippen molar-refractivity contribution in [2.24, 2.45) is 4.99 Å². The van der Waals surface area contributed by atoms with Crippen LogP contribution in [-0.2, 0) is 0 Å². The van der Waals surface area contributed by atoms with E-state index in [1.54, 1.807) is 7.05 Å². The van der Waals surface area contributed by atoms with Gasteiger partial charge in [0, 0.05) is 25.2 Å². The van der Waals surface area contributed by atoms with E-state index in [0.717, 1.165) is 17.0 Å². The molecule has 3 heteroatoms. The molecule has 0 spiro atoms. The number of aliphatic imine (C=N–C) groups is 1. The first-order valence-corrected chi connectivity index (χ1v) is 9.24. The van der Waals surface area contributed by atoms with Crippen LogP contribution in [0.2, 0.25) is 19.6 Å². The van der Waals surface area contributed by atoms with Gasteiger partial charge in [0.15, 0.2) is 0 Å². The van der Waals surface area contributed by atoms with Crippen molar-refractivity contribution in [3.63, 3.8) is 0 Å². The van der Waals surface area contributed by atoms with Gasteiger partial charge in [-0.15, -0.1) is 5.54 Å². The van der Waals surface area contributed by atoms with E-state index in [0.29, 0.717) is 0 Å². The summed E-state index contributed by atoms with van der Waals surface area (Å²) >= 11 is 0. The lowest BCUT2D eigenvalue weighted by atomic mass is 10.1. The second kappa shape index (κ2) is 5.69. The zero-order valence-electron chi connectivity index (χ0n) is 11.3. The summed E-state index contributed by atoms with van der Waals surface area (Å²) in [6.45, 7) is 6.74. The zero-order valence-corrected chi connectivity index (χ0v) is 12.3. The molecular formula is C14H20N2Si. The van der Waals surface area contributed by atoms with Gasteiger partial charge in [0.25, 0.3) is 0 Å². The van der Waals surface area contributed by atoms with Gasteiger partial charge >= 0.3 is 0 Å². The van der Waals surface area contributed by atoms with Gasteiger partial charge in [-0.25, -0.2) is 0 Å². The zero-order chi connectivity index (χ0) is 12.9. The van der Waals surface area contributed by atoms with E-state index in [-0.39, 0.29) is 0 Å². The molecule has 1 aromatic rings. The van der Waals surface area contributed by atoms with Gasteiger partial charge in [0.1, 0.15) is 13.9 Å². The lowest BCUT2D eigenvalue weighted by molar-refractivity contribution is 1.15. The van der Waals surface area contributed by atoms with E-state index in [1.807, 2.05) is 31.3 Å². The number of hydrogen-bond donors (Lipinski definition) is 1. The number of rotatable bonds is 1. The molecule has 0 bridgehead atoms. The van der Waals surface area contributed by atoms with Crippen LogP contribution < -0.4 is 5.32 Å². The molecule has 0 aliphatic heterocycles. The average molecular weight is 244 g/mol. The SMILES string of the molecule is CN=C(NC)c1ccc(C#C[Si](C)(C)C)cc1. The second-order valence-corrected chi connectivity index (χ2v) is 9.65. The van der Waals surface area contributed by atoms with Crippen LogP contribution in [0, 0.1) is 11.5 Å². The summed E-state index contributed by atoms with van der Waals surface area (Å²) in [6, 6.07) is 8.19. The van der Waals surface area contributed by atoms with Gasteiger partial charge in [-0.05, 0) is 12.1 Å². The Morgan fingerprint density at radius 2 is 1.76 bits per heavy atom. The Bertz CT molecular complexity index is 456. The summed E-state index contributed by atoms with van der Waals surface area (Å²) in [5.74, 6) is 4.14. The van der Waals surface area contributed by atoms with Crippen LogP contribution in [0.25, 0.3) is 0 Å². The first kappa shape index (κ1) is 13.5. The Kier molecular flexibility index (Phi) is 4.53. The summed E-state index contributed by atoms with van der Waals surface area (Å²) in [7, 11) is 2.37. The third-order valence-corrected chi connectivity index (χ3v) is 3.08. The number of nitrogens with zero attached hydrogens (tertiary/aromatic N) is 1. The number of amidine groups is 1. The number of hydrogen-bond acceptors (Lipinski definition) is 1. The quantitative estimate of drug-likeness (QED) is 0.349. The normalized spacial score (nSPS) is 11.7. The summed E-state index contributed by atoms with van der Waals surface area (Å²) in [5.41, 5.74) is 5.52. The van der Waals surface area contributed by atoms with Crippen molar-refractivity contribution >= 4 is 13.9 Å². The molecule has 0 atom stereocenters. The molecule has 2 nitrogen and oxygen atoms in total. The average Bonchev–Trinajstić information content (AvgIpc) is 2.29. The van der Waals surface area contributed by atoms with Crippen molar-refractivity contribution in [3.05, 3.63) is 35.4 Å². The first-order valence-electron chi connectivity index (χ1n) is 5.74. The van der Waals surface area contributed by atoms with Crippen molar-refractivity contribution < 1.29 is 0 Å². The Morgan fingerprint density at radius 1 is 1.18 bits per heavy atom. The summed E-state index contributed by atoms with van der Waals surface area (Å²) in [6.07, 6.45) is 0. The fourth-order valence-corrected chi connectivity index (χ4v) is 1.88. The van der Waals surface area contributed by atoms with Gasteiger partial charge in [-0.2, -0.15) is 0 Å². The van der Waals surface area contributed by atoms with Gasteiger partial charge in [-0.3, -0.25) is 4.99 Å². The molecular weight excluding hydrogens is 224 g/mol. The standard InChI is InChI=1S/C14H20N2Si/c1-15-14(16-2)13-8-6-12(7-9-13)10-11-17(3,4)5/h6-9H,1-5H3,(H,15,16). The maximum absolute atomic E-state index is 4.17. The van der Waals surface area contributed by atoms with Crippen LogP contribution in [0.5, 0.6) is 0 Å². The van der Waals surface area contributed by atoms with E-state index in [9.17, 15) is 0 Å². The molecule has 1 rings (SSSR count). The van der Waals surface area contributed by atoms with E-state index in [2.05, 4.69) is 41.4 Å². The van der Waals surface area contributed by atoms with Crippen molar-refractivity contribution in [1.82, 2.24) is 5.32 Å². The van der Waals surface area contributed by atoms with Gasteiger partial charge < -0.3 is 5.32 Å². The molecule has 0 saturated heterocycles.